The molecular weight excluding hydrogens is 919 g/mol. The summed E-state index contributed by atoms with van der Waals surface area (Å²) in [5, 5.41) is 17.1. The van der Waals surface area contributed by atoms with E-state index >= 15 is 0 Å². The molecule has 0 N–H and O–H groups in total. The van der Waals surface area contributed by atoms with E-state index in [-0.39, 0.29) is 5.92 Å². The van der Waals surface area contributed by atoms with Crippen molar-refractivity contribution in [1.82, 2.24) is 9.13 Å². The van der Waals surface area contributed by atoms with Gasteiger partial charge in [-0.25, -0.2) is 0 Å². The van der Waals surface area contributed by atoms with E-state index in [0.29, 0.717) is 0 Å². The van der Waals surface area contributed by atoms with Crippen molar-refractivity contribution in [1.29, 1.82) is 0 Å². The molecule has 0 fully saturated rings. The minimum atomic E-state index is -0.507. The second-order valence-corrected chi connectivity index (χ2v) is 21.3. The Bertz CT molecular complexity index is 4940. The topological polar surface area (TPSA) is 35.4 Å². The van der Waals surface area contributed by atoms with Crippen LogP contribution in [-0.2, 0) is 0 Å². The van der Waals surface area contributed by atoms with E-state index in [1.54, 1.807) is 0 Å². The highest BCUT2D eigenvalue weighted by atomic mass is 32.1. The summed E-state index contributed by atoms with van der Waals surface area (Å²) in [4.78, 5) is 6.26. The van der Waals surface area contributed by atoms with Gasteiger partial charge in [-0.1, -0.05) is 177 Å². The lowest BCUT2D eigenvalue weighted by Gasteiger charge is -2.28. The third kappa shape index (κ3) is 5.93. The number of hydrogen-bond acceptors (Lipinski definition) is 3. The highest BCUT2D eigenvalue weighted by molar-refractivity contribution is 7.26. The molecule has 74 heavy (non-hydrogen) atoms. The molecule has 2 atom stereocenters. The fraction of sp³-hybridized carbons (Fsp3) is 0.0580. The molecule has 1 aliphatic rings. The van der Waals surface area contributed by atoms with Gasteiger partial charge in [-0.05, 0) is 110 Å². The van der Waals surface area contributed by atoms with Gasteiger partial charge in [0, 0.05) is 75.4 Å². The van der Waals surface area contributed by atoms with Crippen LogP contribution in [0.15, 0.2) is 240 Å². The number of aliphatic imine (C=N–C) groups is 1. The van der Waals surface area contributed by atoms with Crippen molar-refractivity contribution in [2.75, 3.05) is 0 Å². The Kier molecular flexibility index (Phi) is 8.84. The van der Waals surface area contributed by atoms with Crippen LogP contribution in [0, 0.1) is 5.92 Å². The molecule has 0 radical (unpaired) electrons. The van der Waals surface area contributed by atoms with Gasteiger partial charge < -0.3 is 13.6 Å². The molecule has 1 aliphatic heterocycles. The molecule has 0 saturated heterocycles. The molecule has 0 amide bonds. The van der Waals surface area contributed by atoms with E-state index in [0.717, 1.165) is 73.1 Å². The van der Waals surface area contributed by atoms with Gasteiger partial charge in [0.05, 0.1) is 22.1 Å². The SMILES string of the molecule is C=C1/C(c2cccc3oc4ccccc4c23)=C/CC(C)/C(c2cc(-n3c4cc5ccccc5cc4c4c5ccccc5ccc43)cc3sc4c5ccccc5ccc4c23)=N\C1n1c2ccccc2c2ccccc21. The van der Waals surface area contributed by atoms with Crippen LogP contribution in [0.3, 0.4) is 0 Å². The first-order valence-corrected chi connectivity index (χ1v) is 26.4. The minimum Gasteiger partial charge on any atom is -0.456 e. The number of thiophene rings is 1. The third-order valence-corrected chi connectivity index (χ3v) is 17.3. The molecule has 16 rings (SSSR count). The molecule has 15 aromatic rings. The Labute approximate surface area is 429 Å². The van der Waals surface area contributed by atoms with Crippen molar-refractivity contribution >= 4 is 141 Å². The van der Waals surface area contributed by atoms with Crippen molar-refractivity contribution in [2.45, 2.75) is 19.5 Å². The van der Waals surface area contributed by atoms with Gasteiger partial charge >= 0.3 is 0 Å². The Hall–Kier alpha value is -9.03. The molecule has 2 unspecified atom stereocenters. The number of aromatic nitrogens is 2. The summed E-state index contributed by atoms with van der Waals surface area (Å²) in [6.45, 7) is 7.51. The van der Waals surface area contributed by atoms with Gasteiger partial charge in [0.2, 0.25) is 0 Å². The predicted octanol–water partition coefficient (Wildman–Crippen LogP) is 19.3. The van der Waals surface area contributed by atoms with Crippen molar-refractivity contribution < 1.29 is 4.42 Å². The summed E-state index contributed by atoms with van der Waals surface area (Å²) in [5.74, 6) is 0.00822. The number of nitrogens with zero attached hydrogens (tertiary/aromatic N) is 3. The summed E-state index contributed by atoms with van der Waals surface area (Å²) in [5.41, 5.74) is 12.8. The predicted molar refractivity (Wildman–Crippen MR) is 316 cm³/mol. The molecule has 0 saturated carbocycles. The Morgan fingerprint density at radius 3 is 1.91 bits per heavy atom. The van der Waals surface area contributed by atoms with Crippen LogP contribution in [0.1, 0.15) is 30.6 Å². The average molecular weight is 964 g/mol. The van der Waals surface area contributed by atoms with Gasteiger partial charge in [-0.3, -0.25) is 4.99 Å². The second kappa shape index (κ2) is 15.7. The van der Waals surface area contributed by atoms with Gasteiger partial charge in [-0.2, -0.15) is 0 Å². The smallest absolute Gasteiger partial charge is 0.151 e. The number of fused-ring (bicyclic) bond motifs is 17. The lowest BCUT2D eigenvalue weighted by atomic mass is 9.86. The van der Waals surface area contributed by atoms with Crippen molar-refractivity contribution in [2.24, 2.45) is 10.9 Å². The third-order valence-electron chi connectivity index (χ3n) is 16.1. The first kappa shape index (κ1) is 41.6. The van der Waals surface area contributed by atoms with Gasteiger partial charge in [-0.15, -0.1) is 11.3 Å². The maximum atomic E-state index is 6.53. The Morgan fingerprint density at radius 1 is 0.486 bits per heavy atom. The number of benzene rings is 11. The quantitative estimate of drug-likeness (QED) is 0.173. The van der Waals surface area contributed by atoms with E-state index in [9.17, 15) is 0 Å². The molecular formula is C69H45N3OS. The molecule has 0 aliphatic carbocycles. The summed E-state index contributed by atoms with van der Waals surface area (Å²) < 4.78 is 14.0. The van der Waals surface area contributed by atoms with Crippen LogP contribution in [0.25, 0.3) is 129 Å². The molecule has 4 nitrogen and oxygen atoms in total. The molecule has 0 bridgehead atoms. The average Bonchev–Trinajstić information content (AvgIpc) is 4.23. The minimum absolute atomic E-state index is 0.00822. The van der Waals surface area contributed by atoms with Crippen molar-refractivity contribution in [3.05, 3.63) is 242 Å². The molecule has 11 aromatic carbocycles. The maximum Gasteiger partial charge on any atom is 0.151 e. The first-order chi connectivity index (χ1) is 36.5. The summed E-state index contributed by atoms with van der Waals surface area (Å²) in [6, 6.07) is 77.9. The van der Waals surface area contributed by atoms with Crippen LogP contribution < -0.4 is 0 Å². The molecule has 5 heteroatoms. The van der Waals surface area contributed by atoms with Crippen LogP contribution in [0.4, 0.5) is 0 Å². The van der Waals surface area contributed by atoms with E-state index in [4.69, 9.17) is 16.0 Å². The van der Waals surface area contributed by atoms with Crippen LogP contribution >= 0.6 is 11.3 Å². The Morgan fingerprint density at radius 2 is 1.12 bits per heavy atom. The fourth-order valence-corrected chi connectivity index (χ4v) is 14.1. The van der Waals surface area contributed by atoms with Crippen molar-refractivity contribution in [3.8, 4) is 5.69 Å². The summed E-state index contributed by atoms with van der Waals surface area (Å²) in [7, 11) is 0. The van der Waals surface area contributed by atoms with Crippen LogP contribution in [-0.4, -0.2) is 14.8 Å². The first-order valence-electron chi connectivity index (χ1n) is 25.6. The lowest BCUT2D eigenvalue weighted by molar-refractivity contribution is 0.640. The zero-order chi connectivity index (χ0) is 48.8. The highest BCUT2D eigenvalue weighted by Gasteiger charge is 2.31. The molecule has 348 valence electrons. The van der Waals surface area contributed by atoms with E-state index in [2.05, 4.69) is 228 Å². The van der Waals surface area contributed by atoms with Crippen LogP contribution in [0.5, 0.6) is 0 Å². The number of furan rings is 1. The summed E-state index contributed by atoms with van der Waals surface area (Å²) >= 11 is 1.90. The van der Waals surface area contributed by atoms with E-state index < -0.39 is 6.17 Å². The summed E-state index contributed by atoms with van der Waals surface area (Å²) in [6.07, 6.45) is 2.69. The lowest BCUT2D eigenvalue weighted by Crippen LogP contribution is -2.21. The standard InChI is InChI=1S/C69H45N3OS/c1-40-30-33-47(52-25-15-29-62-65(52)53-24-11-14-28-61(53)73-62)41(2)69(72-57-26-12-9-22-50(57)51-23-10-13-27-58(51)72)70-67(40)56-38-46(39-63-66(56)54-34-31-43-17-6-8-21-49(43)68(54)74-63)71-59-35-32-42-16-5-7-20-48(42)64(59)55-36-44-18-3-4-19-45(44)37-60(55)71/h3-29,31-40,69H,2,30H2,1H3/b47-33-,70-67+. The number of hydrogen-bond donors (Lipinski definition) is 0. The zero-order valence-electron chi connectivity index (χ0n) is 40.5. The van der Waals surface area contributed by atoms with Crippen LogP contribution in [0.2, 0.25) is 0 Å². The maximum absolute atomic E-state index is 6.53. The number of allylic oxidation sites excluding steroid dienone is 1. The number of para-hydroxylation sites is 3. The van der Waals surface area contributed by atoms with Gasteiger partial charge in [0.15, 0.2) is 6.17 Å². The fourth-order valence-electron chi connectivity index (χ4n) is 12.8. The monoisotopic (exact) mass is 963 g/mol. The largest absolute Gasteiger partial charge is 0.456 e. The molecule has 5 heterocycles. The molecule has 4 aromatic heterocycles. The van der Waals surface area contributed by atoms with Gasteiger partial charge in [0.1, 0.15) is 11.2 Å². The van der Waals surface area contributed by atoms with Gasteiger partial charge in [0.25, 0.3) is 0 Å². The van der Waals surface area contributed by atoms with E-state index in [1.165, 1.54) is 85.1 Å². The van der Waals surface area contributed by atoms with Crippen molar-refractivity contribution in [3.63, 3.8) is 0 Å². The molecule has 0 spiro atoms. The van der Waals surface area contributed by atoms with E-state index in [1.807, 2.05) is 17.4 Å². The number of rotatable bonds is 4. The second-order valence-electron chi connectivity index (χ2n) is 20.2. The zero-order valence-corrected chi connectivity index (χ0v) is 41.3. The Balaban J connectivity index is 1.02. The highest BCUT2D eigenvalue weighted by Crippen LogP contribution is 2.48. The normalized spacial score (nSPS) is 17.2.